The molecule has 1 fully saturated rings. The quantitative estimate of drug-likeness (QED) is 0.417. The van der Waals surface area contributed by atoms with Crippen molar-refractivity contribution in [2.45, 2.75) is 19.0 Å². The molecule has 2 aromatic rings. The predicted octanol–water partition coefficient (Wildman–Crippen LogP) is 3.49. The van der Waals surface area contributed by atoms with Crippen molar-refractivity contribution in [2.75, 3.05) is 25.0 Å². The third-order valence-electron chi connectivity index (χ3n) is 3.94. The topological polar surface area (TPSA) is 52.8 Å². The molecule has 0 saturated carbocycles. The Labute approximate surface area is 164 Å². The van der Waals surface area contributed by atoms with E-state index in [4.69, 9.17) is 16.0 Å². The number of anilines is 1. The number of furan rings is 1. The molecule has 0 amide bonds. The lowest BCUT2D eigenvalue weighted by molar-refractivity contribution is 0.500. The van der Waals surface area contributed by atoms with Gasteiger partial charge in [0.05, 0.1) is 12.8 Å². The molecule has 130 valence electrons. The Hall–Kier alpha value is -1.41. The normalized spacial score (nSPS) is 17.5. The van der Waals surface area contributed by atoms with E-state index in [0.29, 0.717) is 12.6 Å². The highest BCUT2D eigenvalue weighted by atomic mass is 127. The minimum absolute atomic E-state index is 0. The van der Waals surface area contributed by atoms with Crippen LogP contribution in [0.25, 0.3) is 0 Å². The number of nitrogens with zero attached hydrogens (tertiary/aromatic N) is 2. The second kappa shape index (κ2) is 9.17. The van der Waals surface area contributed by atoms with Gasteiger partial charge in [0, 0.05) is 36.9 Å². The Balaban J connectivity index is 0.00000208. The second-order valence-electron chi connectivity index (χ2n) is 5.56. The molecule has 0 radical (unpaired) electrons. The summed E-state index contributed by atoms with van der Waals surface area (Å²) in [5.74, 6) is 1.68. The van der Waals surface area contributed by atoms with Crippen LogP contribution >= 0.6 is 35.6 Å². The van der Waals surface area contributed by atoms with E-state index < -0.39 is 0 Å². The first-order valence-corrected chi connectivity index (χ1v) is 8.12. The van der Waals surface area contributed by atoms with Gasteiger partial charge in [0.25, 0.3) is 0 Å². The number of halogens is 2. The first-order valence-electron chi connectivity index (χ1n) is 7.74. The SMILES string of the molecule is CN=C(NCc1ccco1)NC1CCN(c2cccc(Cl)c2)C1.I. The minimum Gasteiger partial charge on any atom is -0.467 e. The molecule has 0 bridgehead atoms. The van der Waals surface area contributed by atoms with Gasteiger partial charge in [0.1, 0.15) is 5.76 Å². The van der Waals surface area contributed by atoms with E-state index >= 15 is 0 Å². The molecular formula is C17H22ClIN4O. The van der Waals surface area contributed by atoms with Crippen LogP contribution in [-0.2, 0) is 6.54 Å². The van der Waals surface area contributed by atoms with Crippen molar-refractivity contribution in [1.29, 1.82) is 0 Å². The molecule has 24 heavy (non-hydrogen) atoms. The Kier molecular flexibility index (Phi) is 7.23. The Morgan fingerprint density at radius 3 is 2.96 bits per heavy atom. The maximum Gasteiger partial charge on any atom is 0.191 e. The summed E-state index contributed by atoms with van der Waals surface area (Å²) >= 11 is 6.08. The van der Waals surface area contributed by atoms with Crippen molar-refractivity contribution >= 4 is 47.2 Å². The second-order valence-corrected chi connectivity index (χ2v) is 6.00. The summed E-state index contributed by atoms with van der Waals surface area (Å²) in [6, 6.07) is 12.2. The van der Waals surface area contributed by atoms with Crippen LogP contribution in [0.2, 0.25) is 5.02 Å². The van der Waals surface area contributed by atoms with Gasteiger partial charge in [-0.1, -0.05) is 17.7 Å². The lowest BCUT2D eigenvalue weighted by Crippen LogP contribution is -2.44. The fourth-order valence-electron chi connectivity index (χ4n) is 2.76. The number of benzene rings is 1. The van der Waals surface area contributed by atoms with E-state index in [9.17, 15) is 0 Å². The Bertz CT molecular complexity index is 662. The van der Waals surface area contributed by atoms with Crippen LogP contribution in [0.4, 0.5) is 5.69 Å². The summed E-state index contributed by atoms with van der Waals surface area (Å²) in [5, 5.41) is 7.51. The van der Waals surface area contributed by atoms with Crippen LogP contribution in [0.15, 0.2) is 52.1 Å². The van der Waals surface area contributed by atoms with Crippen LogP contribution in [0.1, 0.15) is 12.2 Å². The molecule has 5 nitrogen and oxygen atoms in total. The molecule has 1 saturated heterocycles. The fraction of sp³-hybridized carbons (Fsp3) is 0.353. The Morgan fingerprint density at radius 1 is 1.38 bits per heavy atom. The zero-order valence-electron chi connectivity index (χ0n) is 13.5. The van der Waals surface area contributed by atoms with E-state index in [2.05, 4.69) is 26.6 Å². The predicted molar refractivity (Wildman–Crippen MR) is 110 cm³/mol. The minimum atomic E-state index is 0. The van der Waals surface area contributed by atoms with Gasteiger partial charge in [-0.3, -0.25) is 4.99 Å². The average molecular weight is 461 g/mol. The van der Waals surface area contributed by atoms with E-state index in [1.807, 2.05) is 30.3 Å². The zero-order valence-corrected chi connectivity index (χ0v) is 16.6. The summed E-state index contributed by atoms with van der Waals surface area (Å²) < 4.78 is 5.32. The van der Waals surface area contributed by atoms with Crippen molar-refractivity contribution in [3.63, 3.8) is 0 Å². The molecule has 0 spiro atoms. The van der Waals surface area contributed by atoms with Gasteiger partial charge in [-0.25, -0.2) is 0 Å². The van der Waals surface area contributed by atoms with Crippen LogP contribution in [0, 0.1) is 0 Å². The number of rotatable bonds is 4. The first-order chi connectivity index (χ1) is 11.2. The molecule has 1 aliphatic heterocycles. The summed E-state index contributed by atoms with van der Waals surface area (Å²) in [6.07, 6.45) is 2.74. The monoisotopic (exact) mass is 460 g/mol. The van der Waals surface area contributed by atoms with Gasteiger partial charge >= 0.3 is 0 Å². The number of hydrogen-bond donors (Lipinski definition) is 2. The zero-order chi connectivity index (χ0) is 16.1. The molecular weight excluding hydrogens is 439 g/mol. The van der Waals surface area contributed by atoms with Crippen molar-refractivity contribution in [3.05, 3.63) is 53.4 Å². The van der Waals surface area contributed by atoms with Crippen LogP contribution < -0.4 is 15.5 Å². The van der Waals surface area contributed by atoms with Crippen molar-refractivity contribution in [2.24, 2.45) is 4.99 Å². The Morgan fingerprint density at radius 2 is 2.25 bits per heavy atom. The highest BCUT2D eigenvalue weighted by Gasteiger charge is 2.23. The van der Waals surface area contributed by atoms with E-state index in [0.717, 1.165) is 36.3 Å². The summed E-state index contributed by atoms with van der Waals surface area (Å²) in [5.41, 5.74) is 1.17. The lowest BCUT2D eigenvalue weighted by Gasteiger charge is -2.20. The molecule has 1 aliphatic rings. The number of guanidine groups is 1. The molecule has 0 aliphatic carbocycles. The van der Waals surface area contributed by atoms with Gasteiger partial charge in [0.15, 0.2) is 5.96 Å². The van der Waals surface area contributed by atoms with E-state index in [-0.39, 0.29) is 24.0 Å². The molecule has 1 unspecified atom stereocenters. The lowest BCUT2D eigenvalue weighted by atomic mass is 10.2. The number of nitrogens with one attached hydrogen (secondary N) is 2. The van der Waals surface area contributed by atoms with Crippen molar-refractivity contribution < 1.29 is 4.42 Å². The largest absolute Gasteiger partial charge is 0.467 e. The maximum absolute atomic E-state index is 6.08. The van der Waals surface area contributed by atoms with Crippen molar-refractivity contribution in [1.82, 2.24) is 10.6 Å². The van der Waals surface area contributed by atoms with Gasteiger partial charge in [-0.15, -0.1) is 24.0 Å². The van der Waals surface area contributed by atoms with Crippen LogP contribution in [0.5, 0.6) is 0 Å². The van der Waals surface area contributed by atoms with Crippen LogP contribution in [-0.4, -0.2) is 32.1 Å². The molecule has 2 N–H and O–H groups in total. The fourth-order valence-corrected chi connectivity index (χ4v) is 2.94. The van der Waals surface area contributed by atoms with Crippen molar-refractivity contribution in [3.8, 4) is 0 Å². The first kappa shape index (κ1) is 18.9. The highest BCUT2D eigenvalue weighted by molar-refractivity contribution is 14.0. The molecule has 7 heteroatoms. The number of aliphatic imine (C=N–C) groups is 1. The number of hydrogen-bond acceptors (Lipinski definition) is 3. The maximum atomic E-state index is 6.08. The van der Waals surface area contributed by atoms with Gasteiger partial charge in [-0.05, 0) is 36.8 Å². The highest BCUT2D eigenvalue weighted by Crippen LogP contribution is 2.23. The van der Waals surface area contributed by atoms with Gasteiger partial charge < -0.3 is 20.0 Å². The summed E-state index contributed by atoms with van der Waals surface area (Å²) in [4.78, 5) is 6.61. The van der Waals surface area contributed by atoms with Gasteiger partial charge in [-0.2, -0.15) is 0 Å². The average Bonchev–Trinajstić information content (AvgIpc) is 3.23. The smallest absolute Gasteiger partial charge is 0.191 e. The molecule has 1 aromatic heterocycles. The summed E-state index contributed by atoms with van der Waals surface area (Å²) in [6.45, 7) is 2.56. The molecule has 2 heterocycles. The van der Waals surface area contributed by atoms with E-state index in [1.165, 1.54) is 5.69 Å². The van der Waals surface area contributed by atoms with Gasteiger partial charge in [0.2, 0.25) is 0 Å². The molecule has 1 aromatic carbocycles. The molecule has 3 rings (SSSR count). The van der Waals surface area contributed by atoms with Crippen LogP contribution in [0.3, 0.4) is 0 Å². The third kappa shape index (κ3) is 5.04. The van der Waals surface area contributed by atoms with E-state index in [1.54, 1.807) is 13.3 Å². The summed E-state index contributed by atoms with van der Waals surface area (Å²) in [7, 11) is 1.78. The molecule has 1 atom stereocenters. The third-order valence-corrected chi connectivity index (χ3v) is 4.17. The standard InChI is InChI=1S/C17H21ClN4O.HI/c1-19-17(20-11-16-6-3-9-23-16)21-14-7-8-22(12-14)15-5-2-4-13(18)10-15;/h2-6,9-10,14H,7-8,11-12H2,1H3,(H2,19,20,21);1H.